The van der Waals surface area contributed by atoms with Gasteiger partial charge >= 0.3 is 5.97 Å². The number of esters is 1. The van der Waals surface area contributed by atoms with Crippen molar-refractivity contribution in [3.8, 4) is 0 Å². The number of aryl methyl sites for hydroxylation is 1. The second kappa shape index (κ2) is 9.14. The lowest BCUT2D eigenvalue weighted by molar-refractivity contribution is -0.117. The molecule has 2 aromatic rings. The van der Waals surface area contributed by atoms with Crippen LogP contribution in [0.2, 0.25) is 0 Å². The van der Waals surface area contributed by atoms with Crippen molar-refractivity contribution in [2.75, 3.05) is 25.5 Å². The van der Waals surface area contributed by atoms with Crippen molar-refractivity contribution >= 4 is 23.7 Å². The van der Waals surface area contributed by atoms with Crippen LogP contribution in [-0.2, 0) is 16.1 Å². The first-order valence-corrected chi connectivity index (χ1v) is 8.56. The van der Waals surface area contributed by atoms with E-state index in [1.165, 1.54) is 13.0 Å². The second-order valence-corrected chi connectivity index (χ2v) is 6.13. The number of carbonyl (C=O) groups is 3. The fourth-order valence-electron chi connectivity index (χ4n) is 2.70. The van der Waals surface area contributed by atoms with Gasteiger partial charge in [0.05, 0.1) is 13.2 Å². The van der Waals surface area contributed by atoms with Gasteiger partial charge in [-0.15, -0.1) is 0 Å². The molecule has 3 N–H and O–H groups in total. The zero-order valence-electron chi connectivity index (χ0n) is 15.9. The molecule has 0 saturated heterocycles. The number of primary amides is 1. The van der Waals surface area contributed by atoms with E-state index >= 15 is 0 Å². The van der Waals surface area contributed by atoms with Crippen LogP contribution in [0.5, 0.6) is 0 Å². The Hall–Kier alpha value is -3.20. The topological polar surface area (TPSA) is 115 Å². The summed E-state index contributed by atoms with van der Waals surface area (Å²) in [6.45, 7) is 3.27. The number of nitrogens with two attached hydrogens (primary N) is 1. The third-order valence-corrected chi connectivity index (χ3v) is 3.87. The number of nitrogens with one attached hydrogen (secondary N) is 1. The van der Waals surface area contributed by atoms with Gasteiger partial charge in [0, 0.05) is 12.1 Å². The van der Waals surface area contributed by atoms with Crippen LogP contribution in [0.25, 0.3) is 0 Å². The van der Waals surface area contributed by atoms with Gasteiger partial charge < -0.3 is 14.9 Å². The minimum absolute atomic E-state index is 0.0993. The van der Waals surface area contributed by atoms with Crippen molar-refractivity contribution in [2.45, 2.75) is 20.4 Å². The molecule has 0 aliphatic heterocycles. The standard InChI is InChI=1S/C19H22FN3O5/c1-4-27-19(26)15-11(2)28-18(16(15)17(21)25)22-14(24)10-23(3)9-12-7-5-6-8-13(12)20/h5-8H,4,9-10H2,1-3H3,(H2,21,25)(H,22,24). The summed E-state index contributed by atoms with van der Waals surface area (Å²) in [5, 5.41) is 2.43. The summed E-state index contributed by atoms with van der Waals surface area (Å²) in [6.07, 6.45) is 0. The number of benzene rings is 1. The molecule has 1 aromatic heterocycles. The van der Waals surface area contributed by atoms with E-state index in [1.807, 2.05) is 0 Å². The van der Waals surface area contributed by atoms with Crippen molar-refractivity contribution in [3.05, 3.63) is 52.5 Å². The predicted octanol–water partition coefficient (Wildman–Crippen LogP) is 2.07. The number of hydrogen-bond acceptors (Lipinski definition) is 6. The number of carbonyl (C=O) groups excluding carboxylic acids is 3. The highest BCUT2D eigenvalue weighted by atomic mass is 19.1. The van der Waals surface area contributed by atoms with Crippen LogP contribution in [0.1, 0.15) is 39.0 Å². The van der Waals surface area contributed by atoms with Crippen LogP contribution in [0.3, 0.4) is 0 Å². The fraction of sp³-hybridized carbons (Fsp3) is 0.316. The van der Waals surface area contributed by atoms with Gasteiger partial charge in [0.25, 0.3) is 5.91 Å². The summed E-state index contributed by atoms with van der Waals surface area (Å²) in [5.41, 5.74) is 5.42. The third kappa shape index (κ3) is 4.95. The highest BCUT2D eigenvalue weighted by molar-refractivity contribution is 6.10. The SMILES string of the molecule is CCOC(=O)c1c(C)oc(NC(=O)CN(C)Cc2ccccc2F)c1C(N)=O. The number of amides is 2. The average Bonchev–Trinajstić information content (AvgIpc) is 2.93. The molecule has 0 fully saturated rings. The van der Waals surface area contributed by atoms with Crippen LogP contribution >= 0.6 is 0 Å². The fourth-order valence-corrected chi connectivity index (χ4v) is 2.70. The van der Waals surface area contributed by atoms with Gasteiger partial charge in [0.2, 0.25) is 11.8 Å². The van der Waals surface area contributed by atoms with Crippen molar-refractivity contribution < 1.29 is 27.9 Å². The molecule has 2 amide bonds. The largest absolute Gasteiger partial charge is 0.462 e. The molecule has 28 heavy (non-hydrogen) atoms. The van der Waals surface area contributed by atoms with Crippen LogP contribution in [0.4, 0.5) is 10.3 Å². The normalized spacial score (nSPS) is 10.8. The lowest BCUT2D eigenvalue weighted by atomic mass is 10.1. The summed E-state index contributed by atoms with van der Waals surface area (Å²) in [5.74, 6) is -2.72. The molecule has 150 valence electrons. The molecular formula is C19H22FN3O5. The molecular weight excluding hydrogens is 369 g/mol. The lowest BCUT2D eigenvalue weighted by Gasteiger charge is -2.16. The monoisotopic (exact) mass is 391 g/mol. The molecule has 0 spiro atoms. The number of ether oxygens (including phenoxy) is 1. The van der Waals surface area contributed by atoms with Crippen LogP contribution < -0.4 is 11.1 Å². The summed E-state index contributed by atoms with van der Waals surface area (Å²) < 4.78 is 24.0. The van der Waals surface area contributed by atoms with Gasteiger partial charge in [-0.1, -0.05) is 18.2 Å². The Bertz CT molecular complexity index is 894. The van der Waals surface area contributed by atoms with Gasteiger partial charge in [0.1, 0.15) is 22.7 Å². The van der Waals surface area contributed by atoms with E-state index in [0.717, 1.165) is 0 Å². The molecule has 0 unspecified atom stereocenters. The molecule has 9 heteroatoms. The van der Waals surface area contributed by atoms with Crippen molar-refractivity contribution in [1.29, 1.82) is 0 Å². The molecule has 2 rings (SSSR count). The van der Waals surface area contributed by atoms with Crippen LogP contribution in [0, 0.1) is 12.7 Å². The second-order valence-electron chi connectivity index (χ2n) is 6.13. The predicted molar refractivity (Wildman–Crippen MR) is 99.3 cm³/mol. The quantitative estimate of drug-likeness (QED) is 0.666. The van der Waals surface area contributed by atoms with E-state index in [0.29, 0.717) is 5.56 Å². The maximum absolute atomic E-state index is 13.7. The minimum Gasteiger partial charge on any atom is -0.462 e. The molecule has 1 heterocycles. The average molecular weight is 391 g/mol. The first kappa shape index (κ1) is 21.1. The highest BCUT2D eigenvalue weighted by Gasteiger charge is 2.29. The van der Waals surface area contributed by atoms with Crippen molar-refractivity contribution in [3.63, 3.8) is 0 Å². The lowest BCUT2D eigenvalue weighted by Crippen LogP contribution is -2.30. The number of anilines is 1. The van der Waals surface area contributed by atoms with E-state index in [2.05, 4.69) is 5.32 Å². The van der Waals surface area contributed by atoms with E-state index in [9.17, 15) is 18.8 Å². The molecule has 0 aliphatic rings. The molecule has 8 nitrogen and oxygen atoms in total. The van der Waals surface area contributed by atoms with E-state index in [-0.39, 0.29) is 48.3 Å². The Morgan fingerprint density at radius 3 is 2.54 bits per heavy atom. The zero-order chi connectivity index (χ0) is 20.8. The maximum Gasteiger partial charge on any atom is 0.342 e. The Kier molecular flexibility index (Phi) is 6.89. The minimum atomic E-state index is -0.935. The number of furan rings is 1. The van der Waals surface area contributed by atoms with Gasteiger partial charge in [-0.05, 0) is 27.0 Å². The van der Waals surface area contributed by atoms with E-state index in [1.54, 1.807) is 37.1 Å². The maximum atomic E-state index is 13.7. The molecule has 0 aliphatic carbocycles. The number of nitrogens with zero attached hydrogens (tertiary/aromatic N) is 1. The smallest absolute Gasteiger partial charge is 0.342 e. The molecule has 0 atom stereocenters. The third-order valence-electron chi connectivity index (χ3n) is 3.87. The summed E-state index contributed by atoms with van der Waals surface area (Å²) in [6, 6.07) is 6.24. The Morgan fingerprint density at radius 2 is 1.93 bits per heavy atom. The van der Waals surface area contributed by atoms with Crippen molar-refractivity contribution in [1.82, 2.24) is 4.90 Å². The Morgan fingerprint density at radius 1 is 1.25 bits per heavy atom. The summed E-state index contributed by atoms with van der Waals surface area (Å²) in [4.78, 5) is 37.8. The number of hydrogen-bond donors (Lipinski definition) is 2. The van der Waals surface area contributed by atoms with E-state index in [4.69, 9.17) is 14.9 Å². The summed E-state index contributed by atoms with van der Waals surface area (Å²) >= 11 is 0. The van der Waals surface area contributed by atoms with Gasteiger partial charge in [0.15, 0.2) is 0 Å². The molecule has 1 aromatic carbocycles. The molecule has 0 saturated carbocycles. The van der Waals surface area contributed by atoms with Gasteiger partial charge in [-0.2, -0.15) is 0 Å². The van der Waals surface area contributed by atoms with Gasteiger partial charge in [-0.3, -0.25) is 19.8 Å². The first-order chi connectivity index (χ1) is 13.2. The number of likely N-dealkylation sites (N-methyl/N-ethyl adjacent to an activating group) is 1. The highest BCUT2D eigenvalue weighted by Crippen LogP contribution is 2.27. The Labute approximate surface area is 161 Å². The van der Waals surface area contributed by atoms with Crippen molar-refractivity contribution in [2.24, 2.45) is 5.73 Å². The summed E-state index contributed by atoms with van der Waals surface area (Å²) in [7, 11) is 1.64. The van der Waals surface area contributed by atoms with Crippen LogP contribution in [-0.4, -0.2) is 42.9 Å². The zero-order valence-corrected chi connectivity index (χ0v) is 15.9. The van der Waals surface area contributed by atoms with Gasteiger partial charge in [-0.25, -0.2) is 9.18 Å². The van der Waals surface area contributed by atoms with Crippen LogP contribution in [0.15, 0.2) is 28.7 Å². The van der Waals surface area contributed by atoms with E-state index < -0.39 is 17.8 Å². The molecule has 0 bridgehead atoms. The number of rotatable bonds is 8. The first-order valence-electron chi connectivity index (χ1n) is 8.56. The Balaban J connectivity index is 2.13. The molecule has 0 radical (unpaired) electrons. The number of halogens is 1.